The van der Waals surface area contributed by atoms with Gasteiger partial charge in [-0.3, -0.25) is 9.48 Å². The molecule has 2 fully saturated rings. The van der Waals surface area contributed by atoms with Gasteiger partial charge in [0.05, 0.1) is 23.2 Å². The van der Waals surface area contributed by atoms with Crippen LogP contribution in [0.3, 0.4) is 0 Å². The fourth-order valence-corrected chi connectivity index (χ4v) is 5.98. The van der Waals surface area contributed by atoms with Crippen molar-refractivity contribution < 1.29 is 18.7 Å². The molecule has 2 aliphatic carbocycles. The minimum absolute atomic E-state index is 0.0553. The molecule has 2 aliphatic rings. The van der Waals surface area contributed by atoms with E-state index in [1.54, 1.807) is 25.0 Å². The zero-order valence-electron chi connectivity index (χ0n) is 18.2. The van der Waals surface area contributed by atoms with Gasteiger partial charge in [0, 0.05) is 25.7 Å². The number of rotatable bonds is 4. The SMILES string of the molecule is Cn1cnc(C2CC3CC(O)(c4c(F)cnn4C)CC3C2)c1C(=O)Nc1ccc(F)c(Cl)c1. The summed E-state index contributed by atoms with van der Waals surface area (Å²) in [5, 5.41) is 17.8. The number of amides is 1. The third-order valence-corrected chi connectivity index (χ3v) is 7.41. The number of hydrogen-bond donors (Lipinski definition) is 2. The fraction of sp³-hybridized carbons (Fsp3) is 0.435. The molecule has 2 saturated carbocycles. The van der Waals surface area contributed by atoms with Gasteiger partial charge < -0.3 is 15.0 Å². The first kappa shape index (κ1) is 22.0. The molecule has 174 valence electrons. The van der Waals surface area contributed by atoms with Gasteiger partial charge in [-0.1, -0.05) is 11.6 Å². The van der Waals surface area contributed by atoms with Crippen molar-refractivity contribution in [3.63, 3.8) is 0 Å². The Morgan fingerprint density at radius 1 is 1.21 bits per heavy atom. The molecule has 3 aromatic rings. The van der Waals surface area contributed by atoms with Crippen molar-refractivity contribution in [3.8, 4) is 0 Å². The van der Waals surface area contributed by atoms with Crippen LogP contribution < -0.4 is 5.32 Å². The van der Waals surface area contributed by atoms with E-state index >= 15 is 0 Å². The summed E-state index contributed by atoms with van der Waals surface area (Å²) in [7, 11) is 3.39. The Morgan fingerprint density at radius 2 is 1.91 bits per heavy atom. The number of fused-ring (bicyclic) bond motifs is 1. The molecule has 0 saturated heterocycles. The van der Waals surface area contributed by atoms with Gasteiger partial charge in [0.15, 0.2) is 5.82 Å². The van der Waals surface area contributed by atoms with Crippen LogP contribution in [0, 0.1) is 23.5 Å². The molecule has 2 atom stereocenters. The molecule has 10 heteroatoms. The van der Waals surface area contributed by atoms with Crippen LogP contribution in [-0.2, 0) is 19.7 Å². The molecular formula is C23H24ClF2N5O2. The lowest BCUT2D eigenvalue weighted by molar-refractivity contribution is 0.0228. The molecule has 33 heavy (non-hydrogen) atoms. The number of nitrogens with zero attached hydrogens (tertiary/aromatic N) is 4. The first-order valence-corrected chi connectivity index (χ1v) is 11.2. The lowest BCUT2D eigenvalue weighted by atomic mass is 9.90. The number of imidazole rings is 1. The van der Waals surface area contributed by atoms with E-state index in [2.05, 4.69) is 15.4 Å². The van der Waals surface area contributed by atoms with Crippen molar-refractivity contribution in [2.24, 2.45) is 25.9 Å². The summed E-state index contributed by atoms with van der Waals surface area (Å²) >= 11 is 5.83. The normalized spacial score (nSPS) is 26.5. The highest BCUT2D eigenvalue weighted by Gasteiger charge is 2.52. The van der Waals surface area contributed by atoms with Crippen LogP contribution in [0.1, 0.15) is 53.5 Å². The molecule has 0 aliphatic heterocycles. The molecule has 7 nitrogen and oxygen atoms in total. The van der Waals surface area contributed by atoms with Gasteiger partial charge in [-0.25, -0.2) is 13.8 Å². The minimum Gasteiger partial charge on any atom is -0.383 e. The number of aromatic nitrogens is 4. The zero-order chi connectivity index (χ0) is 23.5. The Bertz CT molecular complexity index is 1210. The topological polar surface area (TPSA) is 85.0 Å². The molecule has 2 N–H and O–H groups in total. The Balaban J connectivity index is 1.34. The van der Waals surface area contributed by atoms with Crippen LogP contribution in [0.2, 0.25) is 5.02 Å². The van der Waals surface area contributed by atoms with Crippen LogP contribution in [0.5, 0.6) is 0 Å². The number of hydrogen-bond acceptors (Lipinski definition) is 4. The van der Waals surface area contributed by atoms with Crippen molar-refractivity contribution in [2.45, 2.75) is 37.2 Å². The van der Waals surface area contributed by atoms with E-state index in [1.165, 1.54) is 22.9 Å². The summed E-state index contributed by atoms with van der Waals surface area (Å²) in [6.07, 6.45) is 5.16. The fourth-order valence-electron chi connectivity index (χ4n) is 5.80. The maximum atomic E-state index is 14.3. The van der Waals surface area contributed by atoms with E-state index in [4.69, 9.17) is 11.6 Å². The van der Waals surface area contributed by atoms with Crippen molar-refractivity contribution in [2.75, 3.05) is 5.32 Å². The Morgan fingerprint density at radius 3 is 2.52 bits per heavy atom. The van der Waals surface area contributed by atoms with Crippen molar-refractivity contribution in [3.05, 3.63) is 64.5 Å². The summed E-state index contributed by atoms with van der Waals surface area (Å²) < 4.78 is 30.8. The lowest BCUT2D eigenvalue weighted by Crippen LogP contribution is -2.27. The van der Waals surface area contributed by atoms with E-state index in [9.17, 15) is 18.7 Å². The predicted octanol–water partition coefficient (Wildman–Crippen LogP) is 4.13. The third kappa shape index (κ3) is 3.73. The standard InChI is InChI=1S/C23H24ClF2N5O2/c1-30-11-27-19(20(30)22(32)29-15-3-4-17(25)16(24)7-15)12-5-13-8-23(33,9-14(13)6-12)21-18(26)10-28-31(21)2/h3-4,7,10-14,33H,5-6,8-9H2,1-2H3,(H,29,32). The molecule has 1 aromatic carbocycles. The first-order chi connectivity index (χ1) is 15.7. The molecule has 2 heterocycles. The lowest BCUT2D eigenvalue weighted by Gasteiger charge is -2.25. The highest BCUT2D eigenvalue weighted by Crippen LogP contribution is 2.57. The smallest absolute Gasteiger partial charge is 0.274 e. The number of aryl methyl sites for hydroxylation is 2. The highest BCUT2D eigenvalue weighted by molar-refractivity contribution is 6.31. The third-order valence-electron chi connectivity index (χ3n) is 7.12. The van der Waals surface area contributed by atoms with Gasteiger partial charge in [-0.15, -0.1) is 0 Å². The molecule has 0 bridgehead atoms. The molecule has 5 rings (SSSR count). The van der Waals surface area contributed by atoms with Gasteiger partial charge in [-0.05, 0) is 55.7 Å². The molecule has 1 amide bonds. The van der Waals surface area contributed by atoms with Crippen LogP contribution in [0.4, 0.5) is 14.5 Å². The second-order valence-electron chi connectivity index (χ2n) is 9.27. The van der Waals surface area contributed by atoms with E-state index in [-0.39, 0.29) is 34.4 Å². The Kier molecular flexibility index (Phi) is 5.29. The second-order valence-corrected chi connectivity index (χ2v) is 9.67. The summed E-state index contributed by atoms with van der Waals surface area (Å²) in [4.78, 5) is 17.6. The first-order valence-electron chi connectivity index (χ1n) is 10.8. The average molecular weight is 476 g/mol. The van der Waals surface area contributed by atoms with Gasteiger partial charge in [0.25, 0.3) is 5.91 Å². The highest BCUT2D eigenvalue weighted by atomic mass is 35.5. The average Bonchev–Trinajstić information content (AvgIpc) is 3.47. The maximum Gasteiger partial charge on any atom is 0.274 e. The second kappa shape index (κ2) is 7.92. The molecule has 2 aromatic heterocycles. The van der Waals surface area contributed by atoms with Crippen molar-refractivity contribution in [1.29, 1.82) is 0 Å². The van der Waals surface area contributed by atoms with Crippen LogP contribution in [0.15, 0.2) is 30.7 Å². The minimum atomic E-state index is -1.23. The van der Waals surface area contributed by atoms with Crippen molar-refractivity contribution >= 4 is 23.2 Å². The molecule has 0 spiro atoms. The predicted molar refractivity (Wildman–Crippen MR) is 118 cm³/mol. The van der Waals surface area contributed by atoms with E-state index in [0.29, 0.717) is 29.9 Å². The quantitative estimate of drug-likeness (QED) is 0.594. The van der Waals surface area contributed by atoms with Crippen LogP contribution in [-0.4, -0.2) is 30.3 Å². The summed E-state index contributed by atoms with van der Waals surface area (Å²) in [6.45, 7) is 0. The number of halogens is 3. The number of aliphatic hydroxyl groups is 1. The number of benzene rings is 1. The number of carbonyl (C=O) groups excluding carboxylic acids is 1. The molecule has 2 unspecified atom stereocenters. The zero-order valence-corrected chi connectivity index (χ0v) is 19.0. The monoisotopic (exact) mass is 475 g/mol. The van der Waals surface area contributed by atoms with E-state index < -0.39 is 17.2 Å². The molecule has 0 radical (unpaired) electrons. The Labute approximate surface area is 194 Å². The summed E-state index contributed by atoms with van der Waals surface area (Å²) in [5.74, 6) is -0.940. The molecular weight excluding hydrogens is 452 g/mol. The van der Waals surface area contributed by atoms with E-state index in [0.717, 1.165) is 19.0 Å². The number of carbonyl (C=O) groups is 1. The van der Waals surface area contributed by atoms with Crippen LogP contribution >= 0.6 is 11.6 Å². The van der Waals surface area contributed by atoms with Gasteiger partial charge >= 0.3 is 0 Å². The largest absolute Gasteiger partial charge is 0.383 e. The van der Waals surface area contributed by atoms with Gasteiger partial charge in [0.1, 0.15) is 22.8 Å². The van der Waals surface area contributed by atoms with E-state index in [1.807, 2.05) is 0 Å². The summed E-state index contributed by atoms with van der Waals surface area (Å²) in [5.41, 5.74) is 0.539. The number of nitrogens with one attached hydrogen (secondary N) is 1. The van der Waals surface area contributed by atoms with Gasteiger partial charge in [0.2, 0.25) is 0 Å². The number of anilines is 1. The van der Waals surface area contributed by atoms with Crippen LogP contribution in [0.25, 0.3) is 0 Å². The van der Waals surface area contributed by atoms with Gasteiger partial charge in [-0.2, -0.15) is 5.10 Å². The maximum absolute atomic E-state index is 14.3. The Hall–Kier alpha value is -2.78. The van der Waals surface area contributed by atoms with Crippen molar-refractivity contribution in [1.82, 2.24) is 19.3 Å². The summed E-state index contributed by atoms with van der Waals surface area (Å²) in [6, 6.07) is 4.02.